The van der Waals surface area contributed by atoms with E-state index in [2.05, 4.69) is 18.3 Å². The summed E-state index contributed by atoms with van der Waals surface area (Å²) in [6.45, 7) is 6.93. The lowest BCUT2D eigenvalue weighted by molar-refractivity contribution is 0.508. The average Bonchev–Trinajstić information content (AvgIpc) is 1.82. The Hall–Kier alpha value is -1.05. The van der Waals surface area contributed by atoms with Crippen molar-refractivity contribution in [1.29, 1.82) is 0 Å². The Balaban J connectivity index is 4.13. The van der Waals surface area contributed by atoms with E-state index >= 15 is 0 Å². The Morgan fingerprint density at radius 3 is 2.22 bits per heavy atom. The molecule has 0 aromatic heterocycles. The maximum atomic E-state index is 3.74. The quantitative estimate of drug-likeness (QED) is 0.408. The summed E-state index contributed by atoms with van der Waals surface area (Å²) in [6.07, 6.45) is 3.48. The highest BCUT2D eigenvalue weighted by molar-refractivity contribution is 5.29. The number of rotatable bonds is 3. The second-order valence-electron chi connectivity index (χ2n) is 1.81. The molecule has 0 bridgehead atoms. The van der Waals surface area contributed by atoms with Gasteiger partial charge in [0.1, 0.15) is 5.82 Å². The molecule has 0 saturated carbocycles. The number of aliphatic imine (C=N–C) groups is 1. The van der Waals surface area contributed by atoms with E-state index in [9.17, 15) is 0 Å². The lowest BCUT2D eigenvalue weighted by Crippen LogP contribution is -2.08. The Kier molecular flexibility index (Phi) is 3.44. The zero-order valence-corrected chi connectivity index (χ0v) is 5.96. The molecule has 0 aliphatic rings. The van der Waals surface area contributed by atoms with Crippen molar-refractivity contribution in [3.63, 3.8) is 0 Å². The van der Waals surface area contributed by atoms with Gasteiger partial charge in [0, 0.05) is 14.1 Å². The summed E-state index contributed by atoms with van der Waals surface area (Å²) in [7, 11) is 3.81. The van der Waals surface area contributed by atoms with Gasteiger partial charge < -0.3 is 4.90 Å². The van der Waals surface area contributed by atoms with Gasteiger partial charge in [0.2, 0.25) is 0 Å². The maximum absolute atomic E-state index is 3.74. The van der Waals surface area contributed by atoms with Crippen molar-refractivity contribution in [2.24, 2.45) is 4.99 Å². The van der Waals surface area contributed by atoms with Crippen molar-refractivity contribution in [3.8, 4) is 0 Å². The first-order valence-electron chi connectivity index (χ1n) is 2.69. The standard InChI is InChI=1S/C7H12N2/c1-5-6-7(8-2)9(3)4/h5-6H,1-2H2,3-4H3/b7-6+. The van der Waals surface area contributed by atoms with Gasteiger partial charge in [0.15, 0.2) is 0 Å². The van der Waals surface area contributed by atoms with Crippen molar-refractivity contribution < 1.29 is 0 Å². The van der Waals surface area contributed by atoms with E-state index < -0.39 is 0 Å². The van der Waals surface area contributed by atoms with Crippen molar-refractivity contribution in [2.45, 2.75) is 0 Å². The smallest absolute Gasteiger partial charge is 0.127 e. The fourth-order valence-corrected chi connectivity index (χ4v) is 0.449. The van der Waals surface area contributed by atoms with Gasteiger partial charge in [-0.05, 0) is 12.8 Å². The van der Waals surface area contributed by atoms with Crippen LogP contribution in [-0.2, 0) is 0 Å². The highest BCUT2D eigenvalue weighted by Crippen LogP contribution is 1.97. The van der Waals surface area contributed by atoms with E-state index in [0.717, 1.165) is 5.82 Å². The van der Waals surface area contributed by atoms with Crippen LogP contribution >= 0.6 is 0 Å². The molecule has 0 aromatic rings. The third-order valence-electron chi connectivity index (χ3n) is 0.887. The van der Waals surface area contributed by atoms with Gasteiger partial charge in [-0.2, -0.15) is 0 Å². The summed E-state index contributed by atoms with van der Waals surface area (Å²) in [5.41, 5.74) is 0. The summed E-state index contributed by atoms with van der Waals surface area (Å²) >= 11 is 0. The van der Waals surface area contributed by atoms with Crippen LogP contribution in [0.5, 0.6) is 0 Å². The van der Waals surface area contributed by atoms with Crippen molar-refractivity contribution in [3.05, 3.63) is 24.6 Å². The van der Waals surface area contributed by atoms with Crippen LogP contribution in [0.25, 0.3) is 0 Å². The first-order valence-corrected chi connectivity index (χ1v) is 2.69. The zero-order chi connectivity index (χ0) is 7.28. The molecule has 0 fully saturated rings. The van der Waals surface area contributed by atoms with Gasteiger partial charge in [0.25, 0.3) is 0 Å². The molecule has 0 radical (unpaired) electrons. The molecule has 0 saturated heterocycles. The first-order chi connectivity index (χ1) is 4.22. The first kappa shape index (κ1) is 7.95. The van der Waals surface area contributed by atoms with Crippen LogP contribution in [0.1, 0.15) is 0 Å². The Labute approximate surface area is 56.2 Å². The molecule has 0 heterocycles. The van der Waals surface area contributed by atoms with Gasteiger partial charge >= 0.3 is 0 Å². The molecular formula is C7H12N2. The number of hydrogen-bond acceptors (Lipinski definition) is 2. The van der Waals surface area contributed by atoms with E-state index in [4.69, 9.17) is 0 Å². The zero-order valence-electron chi connectivity index (χ0n) is 5.96. The molecule has 0 spiro atoms. The number of nitrogens with zero attached hydrogens (tertiary/aromatic N) is 2. The SMILES string of the molecule is C=C/C=C(\N=C)N(C)C. The van der Waals surface area contributed by atoms with Crippen molar-refractivity contribution in [1.82, 2.24) is 4.90 Å². The van der Waals surface area contributed by atoms with Crippen LogP contribution in [0.15, 0.2) is 29.5 Å². The Morgan fingerprint density at radius 1 is 1.56 bits per heavy atom. The van der Waals surface area contributed by atoms with E-state index in [-0.39, 0.29) is 0 Å². The largest absolute Gasteiger partial charge is 0.363 e. The second kappa shape index (κ2) is 3.89. The molecule has 0 N–H and O–H groups in total. The summed E-state index contributed by atoms with van der Waals surface area (Å²) in [6, 6.07) is 0. The topological polar surface area (TPSA) is 15.6 Å². The molecule has 2 heteroatoms. The van der Waals surface area contributed by atoms with Crippen molar-refractivity contribution in [2.75, 3.05) is 14.1 Å². The molecule has 0 unspecified atom stereocenters. The molecule has 50 valence electrons. The molecule has 0 atom stereocenters. The number of allylic oxidation sites excluding steroid dienone is 2. The molecule has 9 heavy (non-hydrogen) atoms. The Morgan fingerprint density at radius 2 is 2.11 bits per heavy atom. The highest BCUT2D eigenvalue weighted by atomic mass is 15.2. The molecule has 2 nitrogen and oxygen atoms in total. The fraction of sp³-hybridized carbons (Fsp3) is 0.286. The minimum Gasteiger partial charge on any atom is -0.363 e. The second-order valence-corrected chi connectivity index (χ2v) is 1.81. The lowest BCUT2D eigenvalue weighted by Gasteiger charge is -2.10. The van der Waals surface area contributed by atoms with Crippen LogP contribution < -0.4 is 0 Å². The monoisotopic (exact) mass is 124 g/mol. The summed E-state index contributed by atoms with van der Waals surface area (Å²) in [4.78, 5) is 5.61. The third-order valence-corrected chi connectivity index (χ3v) is 0.887. The fourth-order valence-electron chi connectivity index (χ4n) is 0.449. The molecule has 0 aliphatic carbocycles. The summed E-state index contributed by atoms with van der Waals surface area (Å²) in [5.74, 6) is 0.824. The van der Waals surface area contributed by atoms with Gasteiger partial charge in [-0.1, -0.05) is 12.7 Å². The molecule has 0 rings (SSSR count). The molecule has 0 aliphatic heterocycles. The van der Waals surface area contributed by atoms with Gasteiger partial charge in [-0.25, -0.2) is 4.99 Å². The third kappa shape index (κ3) is 2.69. The van der Waals surface area contributed by atoms with E-state index in [1.807, 2.05) is 19.0 Å². The minimum absolute atomic E-state index is 0.824. The maximum Gasteiger partial charge on any atom is 0.127 e. The normalized spacial score (nSPS) is 10.7. The molecule has 0 aromatic carbocycles. The van der Waals surface area contributed by atoms with Crippen LogP contribution in [0.4, 0.5) is 0 Å². The highest BCUT2D eigenvalue weighted by Gasteiger charge is 1.89. The van der Waals surface area contributed by atoms with Gasteiger partial charge in [-0.15, -0.1) is 0 Å². The van der Waals surface area contributed by atoms with Crippen LogP contribution in [0, 0.1) is 0 Å². The molecular weight excluding hydrogens is 112 g/mol. The van der Waals surface area contributed by atoms with Gasteiger partial charge in [-0.3, -0.25) is 0 Å². The van der Waals surface area contributed by atoms with Gasteiger partial charge in [0.05, 0.1) is 0 Å². The van der Waals surface area contributed by atoms with Crippen LogP contribution in [-0.4, -0.2) is 25.7 Å². The van der Waals surface area contributed by atoms with Crippen LogP contribution in [0.2, 0.25) is 0 Å². The van der Waals surface area contributed by atoms with Crippen molar-refractivity contribution >= 4 is 6.72 Å². The number of hydrogen-bond donors (Lipinski definition) is 0. The van der Waals surface area contributed by atoms with E-state index in [0.29, 0.717) is 0 Å². The molecule has 0 amide bonds. The van der Waals surface area contributed by atoms with E-state index in [1.54, 1.807) is 12.2 Å². The predicted octanol–water partition coefficient (Wildman–Crippen LogP) is 1.28. The van der Waals surface area contributed by atoms with E-state index in [1.165, 1.54) is 0 Å². The lowest BCUT2D eigenvalue weighted by atomic mass is 10.5. The Bertz CT molecular complexity index is 134. The predicted molar refractivity (Wildman–Crippen MR) is 41.5 cm³/mol. The summed E-state index contributed by atoms with van der Waals surface area (Å²) in [5, 5.41) is 0. The minimum atomic E-state index is 0.824. The van der Waals surface area contributed by atoms with Crippen LogP contribution in [0.3, 0.4) is 0 Å². The summed E-state index contributed by atoms with van der Waals surface area (Å²) < 4.78 is 0. The average molecular weight is 124 g/mol.